The van der Waals surface area contributed by atoms with Gasteiger partial charge in [0.1, 0.15) is 5.60 Å². The molecule has 0 radical (unpaired) electrons. The number of likely N-dealkylation sites (tertiary alicyclic amines) is 1. The van der Waals surface area contributed by atoms with Crippen molar-refractivity contribution < 1.29 is 9.53 Å². The number of amides is 1. The van der Waals surface area contributed by atoms with Gasteiger partial charge < -0.3 is 10.1 Å². The van der Waals surface area contributed by atoms with Crippen LogP contribution in [-0.4, -0.2) is 41.3 Å². The molecule has 1 heterocycles. The molecule has 4 nitrogen and oxygen atoms in total. The highest BCUT2D eigenvalue weighted by Crippen LogP contribution is 2.33. The minimum Gasteiger partial charge on any atom is -0.444 e. The quantitative estimate of drug-likeness (QED) is 0.804. The number of nitrogens with one attached hydrogen (secondary N) is 1. The van der Waals surface area contributed by atoms with E-state index >= 15 is 0 Å². The average Bonchev–Trinajstić information content (AvgIpc) is 2.88. The number of ether oxygens (including phenoxy) is 1. The molecule has 4 heteroatoms. The second kappa shape index (κ2) is 4.16. The smallest absolute Gasteiger partial charge is 0.408 e. The van der Waals surface area contributed by atoms with Crippen molar-refractivity contribution >= 4 is 6.09 Å². The third kappa shape index (κ3) is 3.60. The summed E-state index contributed by atoms with van der Waals surface area (Å²) in [5.41, 5.74) is -0.542. The Morgan fingerprint density at radius 1 is 1.41 bits per heavy atom. The van der Waals surface area contributed by atoms with E-state index in [-0.39, 0.29) is 11.6 Å². The summed E-state index contributed by atoms with van der Waals surface area (Å²) in [6, 6.07) is 0.775. The van der Waals surface area contributed by atoms with Crippen LogP contribution in [0.1, 0.15) is 47.0 Å². The lowest BCUT2D eigenvalue weighted by Crippen LogP contribution is -2.49. The predicted octanol–water partition coefficient (Wildman–Crippen LogP) is 2.14. The molecule has 1 amide bonds. The van der Waals surface area contributed by atoms with Gasteiger partial charge >= 0.3 is 6.09 Å². The second-order valence-electron chi connectivity index (χ2n) is 6.64. The predicted molar refractivity (Wildman–Crippen MR) is 67.0 cm³/mol. The molecular formula is C13H24N2O2. The zero-order valence-electron chi connectivity index (χ0n) is 11.4. The third-order valence-corrected chi connectivity index (χ3v) is 3.37. The topological polar surface area (TPSA) is 41.6 Å². The van der Waals surface area contributed by atoms with E-state index in [1.807, 2.05) is 20.8 Å². The SMILES string of the molecule is CC1(NC(=O)OC(C)(C)C)CCN(C2CC2)C1. The van der Waals surface area contributed by atoms with Crippen molar-refractivity contribution in [3.8, 4) is 0 Å². The fourth-order valence-electron chi connectivity index (χ4n) is 2.40. The first-order valence-corrected chi connectivity index (χ1v) is 6.53. The van der Waals surface area contributed by atoms with Crippen LogP contribution >= 0.6 is 0 Å². The molecule has 2 rings (SSSR count). The van der Waals surface area contributed by atoms with Gasteiger partial charge in [-0.2, -0.15) is 0 Å². The molecule has 1 unspecified atom stereocenters. The lowest BCUT2D eigenvalue weighted by molar-refractivity contribution is 0.0466. The van der Waals surface area contributed by atoms with E-state index in [0.29, 0.717) is 0 Å². The molecule has 1 aliphatic carbocycles. The molecule has 1 aliphatic heterocycles. The molecule has 0 bridgehead atoms. The highest BCUT2D eigenvalue weighted by molar-refractivity contribution is 5.68. The number of alkyl carbamates (subject to hydrolysis) is 1. The van der Waals surface area contributed by atoms with Crippen LogP contribution in [0.25, 0.3) is 0 Å². The van der Waals surface area contributed by atoms with Crippen LogP contribution in [0.5, 0.6) is 0 Å². The highest BCUT2D eigenvalue weighted by Gasteiger charge is 2.41. The summed E-state index contributed by atoms with van der Waals surface area (Å²) in [4.78, 5) is 14.2. The minimum absolute atomic E-state index is 0.120. The van der Waals surface area contributed by atoms with Crippen LogP contribution in [0.15, 0.2) is 0 Å². The summed E-state index contributed by atoms with van der Waals surface area (Å²) in [5, 5.41) is 3.02. The van der Waals surface area contributed by atoms with E-state index in [4.69, 9.17) is 4.74 Å². The Labute approximate surface area is 104 Å². The number of carbonyl (C=O) groups excluding carboxylic acids is 1. The third-order valence-electron chi connectivity index (χ3n) is 3.37. The molecule has 1 saturated heterocycles. The molecule has 0 aromatic rings. The lowest BCUT2D eigenvalue weighted by Gasteiger charge is -2.28. The Morgan fingerprint density at radius 2 is 2.06 bits per heavy atom. The fraction of sp³-hybridized carbons (Fsp3) is 0.923. The molecule has 0 aromatic carbocycles. The largest absolute Gasteiger partial charge is 0.444 e. The van der Waals surface area contributed by atoms with Crippen molar-refractivity contribution in [2.75, 3.05) is 13.1 Å². The first-order valence-electron chi connectivity index (χ1n) is 6.53. The second-order valence-corrected chi connectivity index (χ2v) is 6.64. The first-order chi connectivity index (χ1) is 7.77. The van der Waals surface area contributed by atoms with E-state index in [9.17, 15) is 4.79 Å². The first kappa shape index (κ1) is 12.7. The maximum atomic E-state index is 11.8. The summed E-state index contributed by atoms with van der Waals surface area (Å²) >= 11 is 0. The minimum atomic E-state index is -0.421. The maximum Gasteiger partial charge on any atom is 0.408 e. The monoisotopic (exact) mass is 240 g/mol. The van der Waals surface area contributed by atoms with Gasteiger partial charge in [0.2, 0.25) is 0 Å². The van der Waals surface area contributed by atoms with Gasteiger partial charge in [-0.25, -0.2) is 4.79 Å². The molecule has 1 saturated carbocycles. The van der Waals surface area contributed by atoms with E-state index in [0.717, 1.165) is 25.6 Å². The maximum absolute atomic E-state index is 11.8. The summed E-state index contributed by atoms with van der Waals surface area (Å²) in [5.74, 6) is 0. The van der Waals surface area contributed by atoms with Crippen LogP contribution in [0.4, 0.5) is 4.79 Å². The van der Waals surface area contributed by atoms with E-state index < -0.39 is 5.60 Å². The van der Waals surface area contributed by atoms with Gasteiger partial charge in [-0.3, -0.25) is 4.90 Å². The van der Waals surface area contributed by atoms with Crippen LogP contribution < -0.4 is 5.32 Å². The summed E-state index contributed by atoms with van der Waals surface area (Å²) < 4.78 is 5.31. The van der Waals surface area contributed by atoms with Crippen molar-refractivity contribution in [3.63, 3.8) is 0 Å². The molecule has 0 spiro atoms. The van der Waals surface area contributed by atoms with Gasteiger partial charge in [-0.15, -0.1) is 0 Å². The standard InChI is InChI=1S/C13H24N2O2/c1-12(2,3)17-11(16)14-13(4)7-8-15(9-13)10-5-6-10/h10H,5-9H2,1-4H3,(H,14,16). The highest BCUT2D eigenvalue weighted by atomic mass is 16.6. The molecule has 1 N–H and O–H groups in total. The molecule has 1 atom stereocenters. The lowest BCUT2D eigenvalue weighted by atomic mass is 10.0. The van der Waals surface area contributed by atoms with Crippen molar-refractivity contribution in [1.29, 1.82) is 0 Å². The molecule has 0 aromatic heterocycles. The Bertz CT molecular complexity index is 307. The van der Waals surface area contributed by atoms with Crippen molar-refractivity contribution in [3.05, 3.63) is 0 Å². The van der Waals surface area contributed by atoms with Gasteiger partial charge in [0.15, 0.2) is 0 Å². The molecule has 2 aliphatic rings. The zero-order chi connectivity index (χ0) is 12.7. The normalized spacial score (nSPS) is 30.4. The Balaban J connectivity index is 1.83. The number of hydrogen-bond donors (Lipinski definition) is 1. The number of rotatable bonds is 2. The van der Waals surface area contributed by atoms with Crippen molar-refractivity contribution in [1.82, 2.24) is 10.2 Å². The van der Waals surface area contributed by atoms with Crippen molar-refractivity contribution in [2.24, 2.45) is 0 Å². The van der Waals surface area contributed by atoms with Gasteiger partial charge in [0, 0.05) is 19.1 Å². The van der Waals surface area contributed by atoms with Crippen LogP contribution in [0.2, 0.25) is 0 Å². The molecule has 2 fully saturated rings. The average molecular weight is 240 g/mol. The van der Waals surface area contributed by atoms with E-state index in [1.165, 1.54) is 12.8 Å². The number of nitrogens with zero attached hydrogens (tertiary/aromatic N) is 1. The summed E-state index contributed by atoms with van der Waals surface area (Å²) in [6.07, 6.45) is 3.37. The zero-order valence-corrected chi connectivity index (χ0v) is 11.4. The van der Waals surface area contributed by atoms with Gasteiger partial charge in [0.05, 0.1) is 5.54 Å². The van der Waals surface area contributed by atoms with Gasteiger partial charge in [0.25, 0.3) is 0 Å². The molecule has 17 heavy (non-hydrogen) atoms. The van der Waals surface area contributed by atoms with E-state index in [1.54, 1.807) is 0 Å². The van der Waals surface area contributed by atoms with Crippen LogP contribution in [0.3, 0.4) is 0 Å². The number of carbonyl (C=O) groups is 1. The van der Waals surface area contributed by atoms with Crippen LogP contribution in [0, 0.1) is 0 Å². The summed E-state index contributed by atoms with van der Waals surface area (Å²) in [6.45, 7) is 9.83. The van der Waals surface area contributed by atoms with Gasteiger partial charge in [-0.1, -0.05) is 0 Å². The Kier molecular flexibility index (Phi) is 3.10. The van der Waals surface area contributed by atoms with Crippen molar-refractivity contribution in [2.45, 2.75) is 64.1 Å². The molecular weight excluding hydrogens is 216 g/mol. The number of hydrogen-bond acceptors (Lipinski definition) is 3. The fourth-order valence-corrected chi connectivity index (χ4v) is 2.40. The van der Waals surface area contributed by atoms with E-state index in [2.05, 4.69) is 17.1 Å². The Hall–Kier alpha value is -0.770. The summed E-state index contributed by atoms with van der Waals surface area (Å²) in [7, 11) is 0. The van der Waals surface area contributed by atoms with Crippen LogP contribution in [-0.2, 0) is 4.74 Å². The Morgan fingerprint density at radius 3 is 2.59 bits per heavy atom. The molecule has 98 valence electrons. The van der Waals surface area contributed by atoms with Gasteiger partial charge in [-0.05, 0) is 47.0 Å².